The Morgan fingerprint density at radius 1 is 1.04 bits per heavy atom. The number of sulfone groups is 1. The van der Waals surface area contributed by atoms with Crippen molar-refractivity contribution in [3.8, 4) is 0 Å². The fourth-order valence-corrected chi connectivity index (χ4v) is 3.77. The Balaban J connectivity index is 2.31. The third kappa shape index (κ3) is 5.78. The molecule has 0 aliphatic heterocycles. The van der Waals surface area contributed by atoms with Crippen molar-refractivity contribution in [1.29, 1.82) is 0 Å². The van der Waals surface area contributed by atoms with Gasteiger partial charge in [0.25, 0.3) is 5.91 Å². The number of hydrogen-bond acceptors (Lipinski definition) is 6. The summed E-state index contributed by atoms with van der Waals surface area (Å²) >= 11 is 0. The van der Waals surface area contributed by atoms with Crippen molar-refractivity contribution in [3.05, 3.63) is 53.6 Å². The summed E-state index contributed by atoms with van der Waals surface area (Å²) in [6.45, 7) is 0. The molecule has 0 atom stereocenters. The normalized spacial score (nSPS) is 11.9. The minimum Gasteiger partial charge on any atom is -0.376 e. The predicted molar refractivity (Wildman–Crippen MR) is 105 cm³/mol. The van der Waals surface area contributed by atoms with Crippen molar-refractivity contribution in [1.82, 2.24) is 0 Å². The lowest BCUT2D eigenvalue weighted by atomic mass is 10.1. The van der Waals surface area contributed by atoms with Gasteiger partial charge in [-0.3, -0.25) is 4.79 Å². The van der Waals surface area contributed by atoms with E-state index < -0.39 is 25.8 Å². The lowest BCUT2D eigenvalue weighted by molar-refractivity contribution is 0.102. The second-order valence-corrected chi connectivity index (χ2v) is 10.0. The monoisotopic (exact) mass is 411 g/mol. The number of primary sulfonamides is 1. The van der Waals surface area contributed by atoms with Gasteiger partial charge in [-0.05, 0) is 35.9 Å². The third-order valence-corrected chi connectivity index (χ3v) is 5.44. The zero-order valence-corrected chi connectivity index (χ0v) is 16.8. The number of amides is 1. The Morgan fingerprint density at radius 3 is 2.11 bits per heavy atom. The topological polar surface area (TPSA) is 127 Å². The van der Waals surface area contributed by atoms with Crippen LogP contribution in [-0.2, 0) is 25.6 Å². The van der Waals surface area contributed by atoms with Crippen molar-refractivity contribution < 1.29 is 21.6 Å². The molecule has 0 aromatic heterocycles. The second kappa shape index (κ2) is 7.67. The fraction of sp³-hybridized carbons (Fsp3) is 0.235. The van der Waals surface area contributed by atoms with Crippen LogP contribution in [0.1, 0.15) is 15.9 Å². The Morgan fingerprint density at radius 2 is 1.63 bits per heavy atom. The van der Waals surface area contributed by atoms with Gasteiger partial charge in [0, 0.05) is 25.9 Å². The van der Waals surface area contributed by atoms with Crippen LogP contribution in [0.25, 0.3) is 0 Å². The van der Waals surface area contributed by atoms with Crippen molar-refractivity contribution >= 4 is 37.1 Å². The fourth-order valence-electron chi connectivity index (χ4n) is 2.43. The average molecular weight is 412 g/mol. The van der Waals surface area contributed by atoms with Crippen LogP contribution in [-0.4, -0.2) is 43.1 Å². The van der Waals surface area contributed by atoms with Crippen LogP contribution in [0.15, 0.2) is 47.4 Å². The molecular formula is C17H21N3O5S2. The van der Waals surface area contributed by atoms with Gasteiger partial charge in [0.05, 0.1) is 22.0 Å². The molecule has 0 fully saturated rings. The lowest BCUT2D eigenvalue weighted by Crippen LogP contribution is -2.18. The summed E-state index contributed by atoms with van der Waals surface area (Å²) < 4.78 is 45.8. The van der Waals surface area contributed by atoms with Crippen LogP contribution >= 0.6 is 0 Å². The van der Waals surface area contributed by atoms with E-state index in [1.54, 1.807) is 37.2 Å². The molecule has 0 saturated heterocycles. The molecule has 1 amide bonds. The number of nitrogens with zero attached hydrogens (tertiary/aromatic N) is 1. The molecule has 2 aromatic carbocycles. The molecule has 0 spiro atoms. The summed E-state index contributed by atoms with van der Waals surface area (Å²) in [6.07, 6.45) is 1.13. The van der Waals surface area contributed by atoms with Gasteiger partial charge in [-0.2, -0.15) is 0 Å². The summed E-state index contributed by atoms with van der Waals surface area (Å²) in [6, 6.07) is 10.3. The Bertz CT molecular complexity index is 1060. The quantitative estimate of drug-likeness (QED) is 0.735. The van der Waals surface area contributed by atoms with Gasteiger partial charge in [-0.15, -0.1) is 0 Å². The molecule has 0 unspecified atom stereocenters. The number of nitrogens with two attached hydrogens (primary N) is 1. The number of sulfonamides is 1. The van der Waals surface area contributed by atoms with Gasteiger partial charge in [0.1, 0.15) is 0 Å². The van der Waals surface area contributed by atoms with Gasteiger partial charge >= 0.3 is 0 Å². The highest BCUT2D eigenvalue weighted by Crippen LogP contribution is 2.27. The van der Waals surface area contributed by atoms with E-state index in [2.05, 4.69) is 5.32 Å². The molecule has 8 nitrogen and oxygen atoms in total. The van der Waals surface area contributed by atoms with Gasteiger partial charge in [-0.25, -0.2) is 22.0 Å². The van der Waals surface area contributed by atoms with Crippen LogP contribution in [0.3, 0.4) is 0 Å². The van der Waals surface area contributed by atoms with Gasteiger partial charge in [0.2, 0.25) is 10.0 Å². The molecule has 10 heteroatoms. The molecule has 0 bridgehead atoms. The molecule has 2 aromatic rings. The molecule has 0 radical (unpaired) electrons. The minimum atomic E-state index is -3.92. The molecule has 0 aliphatic rings. The van der Waals surface area contributed by atoms with E-state index in [0.29, 0.717) is 16.8 Å². The molecule has 0 aliphatic carbocycles. The summed E-state index contributed by atoms with van der Waals surface area (Å²) in [5, 5.41) is 7.83. The van der Waals surface area contributed by atoms with E-state index in [1.165, 1.54) is 24.3 Å². The number of nitrogens with one attached hydrogen (secondary N) is 1. The van der Waals surface area contributed by atoms with Gasteiger partial charge < -0.3 is 10.2 Å². The first-order chi connectivity index (χ1) is 12.4. The summed E-state index contributed by atoms with van der Waals surface area (Å²) in [4.78, 5) is 14.1. The van der Waals surface area contributed by atoms with Crippen molar-refractivity contribution in [2.75, 3.05) is 30.6 Å². The summed E-state index contributed by atoms with van der Waals surface area (Å²) in [5.41, 5.74) is 1.76. The Labute approximate surface area is 159 Å². The highest BCUT2D eigenvalue weighted by Gasteiger charge is 2.15. The Kier molecular flexibility index (Phi) is 5.93. The van der Waals surface area contributed by atoms with Crippen LogP contribution < -0.4 is 15.4 Å². The van der Waals surface area contributed by atoms with Crippen LogP contribution in [0.2, 0.25) is 0 Å². The average Bonchev–Trinajstić information content (AvgIpc) is 2.52. The van der Waals surface area contributed by atoms with E-state index in [4.69, 9.17) is 5.14 Å². The molecule has 27 heavy (non-hydrogen) atoms. The molecule has 3 N–H and O–H groups in total. The van der Waals surface area contributed by atoms with Gasteiger partial charge in [-0.1, -0.05) is 12.1 Å². The largest absolute Gasteiger partial charge is 0.376 e. The van der Waals surface area contributed by atoms with Crippen molar-refractivity contribution in [2.45, 2.75) is 10.6 Å². The second-order valence-electron chi connectivity index (χ2n) is 6.34. The zero-order valence-electron chi connectivity index (χ0n) is 15.1. The SMILES string of the molecule is CN(C)c1ccc(S(N)(=O)=O)cc1NC(=O)c1ccc(CS(C)(=O)=O)cc1. The van der Waals surface area contributed by atoms with E-state index in [-0.39, 0.29) is 16.3 Å². The number of anilines is 2. The highest BCUT2D eigenvalue weighted by atomic mass is 32.2. The van der Waals surface area contributed by atoms with E-state index in [0.717, 1.165) is 6.26 Å². The maximum atomic E-state index is 12.5. The van der Waals surface area contributed by atoms with E-state index >= 15 is 0 Å². The maximum Gasteiger partial charge on any atom is 0.255 e. The molecule has 2 rings (SSSR count). The van der Waals surface area contributed by atoms with Crippen LogP contribution in [0, 0.1) is 0 Å². The van der Waals surface area contributed by atoms with Crippen LogP contribution in [0.5, 0.6) is 0 Å². The highest BCUT2D eigenvalue weighted by molar-refractivity contribution is 7.90. The summed E-state index contributed by atoms with van der Waals surface area (Å²) in [5.74, 6) is -0.577. The maximum absolute atomic E-state index is 12.5. The van der Waals surface area contributed by atoms with Crippen molar-refractivity contribution in [3.63, 3.8) is 0 Å². The first-order valence-electron chi connectivity index (χ1n) is 7.79. The minimum absolute atomic E-state index is 0.115. The van der Waals surface area contributed by atoms with Crippen molar-refractivity contribution in [2.24, 2.45) is 5.14 Å². The number of carbonyl (C=O) groups is 1. The molecule has 0 heterocycles. The smallest absolute Gasteiger partial charge is 0.255 e. The Hall–Kier alpha value is -2.43. The number of carbonyl (C=O) groups excluding carboxylic acids is 1. The van der Waals surface area contributed by atoms with E-state index in [1.807, 2.05) is 0 Å². The first-order valence-corrected chi connectivity index (χ1v) is 11.4. The number of hydrogen-bond donors (Lipinski definition) is 2. The third-order valence-electron chi connectivity index (χ3n) is 3.67. The predicted octanol–water partition coefficient (Wildman–Crippen LogP) is 1.20. The standard InChI is InChI=1S/C17H21N3O5S2/c1-20(2)16-9-8-14(27(18,24)25)10-15(16)19-17(21)13-6-4-12(5-7-13)11-26(3,22)23/h4-10H,11H2,1-3H3,(H,19,21)(H2,18,24,25). The molecular weight excluding hydrogens is 390 g/mol. The van der Waals surface area contributed by atoms with Crippen LogP contribution in [0.4, 0.5) is 11.4 Å². The number of rotatable bonds is 6. The van der Waals surface area contributed by atoms with E-state index in [9.17, 15) is 21.6 Å². The number of benzene rings is 2. The molecule has 146 valence electrons. The zero-order chi connectivity index (χ0) is 20.4. The molecule has 0 saturated carbocycles. The van der Waals surface area contributed by atoms with Gasteiger partial charge in [0.15, 0.2) is 9.84 Å². The summed E-state index contributed by atoms with van der Waals surface area (Å²) in [7, 11) is -3.58. The lowest BCUT2D eigenvalue weighted by Gasteiger charge is -2.19. The first kappa shape index (κ1) is 20.9.